The summed E-state index contributed by atoms with van der Waals surface area (Å²) in [5.41, 5.74) is 18.0. The Morgan fingerprint density at radius 2 is 0.667 bits per heavy atom. The largest absolute Gasteiger partial charge is 0.0622 e. The molecule has 0 radical (unpaired) electrons. The molecule has 290 valence electrons. The second kappa shape index (κ2) is 18.5. The third-order valence-electron chi connectivity index (χ3n) is 10.9. The van der Waals surface area contributed by atoms with Crippen molar-refractivity contribution in [3.05, 3.63) is 274 Å². The Morgan fingerprint density at radius 3 is 1.03 bits per heavy atom. The van der Waals surface area contributed by atoms with Gasteiger partial charge >= 0.3 is 0 Å². The summed E-state index contributed by atoms with van der Waals surface area (Å²) in [5.74, 6) is 0. The van der Waals surface area contributed by atoms with Crippen LogP contribution in [0.4, 0.5) is 0 Å². The molecule has 0 saturated carbocycles. The maximum atomic E-state index is 2.39. The zero-order valence-corrected chi connectivity index (χ0v) is 34.7. The van der Waals surface area contributed by atoms with Crippen LogP contribution < -0.4 is 0 Å². The van der Waals surface area contributed by atoms with Crippen LogP contribution >= 0.6 is 0 Å². The van der Waals surface area contributed by atoms with Gasteiger partial charge in [0.05, 0.1) is 0 Å². The average molecular weight is 771 g/mol. The van der Waals surface area contributed by atoms with E-state index >= 15 is 0 Å². The van der Waals surface area contributed by atoms with Gasteiger partial charge in [-0.15, -0.1) is 0 Å². The Hall–Kier alpha value is -7.28. The molecular formula is C60H50. The zero-order chi connectivity index (χ0) is 41.2. The number of hydrogen-bond donors (Lipinski definition) is 0. The molecular weight excluding hydrogens is 721 g/mol. The summed E-state index contributed by atoms with van der Waals surface area (Å²) in [5, 5.41) is 0. The van der Waals surface area contributed by atoms with Crippen molar-refractivity contribution in [2.45, 2.75) is 26.2 Å². The average Bonchev–Trinajstić information content (AvgIpc) is 3.30. The van der Waals surface area contributed by atoms with E-state index < -0.39 is 0 Å². The van der Waals surface area contributed by atoms with Crippen LogP contribution in [0.3, 0.4) is 0 Å². The van der Waals surface area contributed by atoms with E-state index in [0.29, 0.717) is 0 Å². The summed E-state index contributed by atoms with van der Waals surface area (Å²) in [6.45, 7) is 6.91. The molecule has 0 heterocycles. The minimum absolute atomic E-state index is 0.0688. The van der Waals surface area contributed by atoms with Gasteiger partial charge in [0.2, 0.25) is 0 Å². The van der Waals surface area contributed by atoms with Crippen molar-refractivity contribution in [1.82, 2.24) is 0 Å². The summed E-state index contributed by atoms with van der Waals surface area (Å²) in [7, 11) is 0. The van der Waals surface area contributed by atoms with Crippen molar-refractivity contribution in [3.8, 4) is 11.1 Å². The van der Waals surface area contributed by atoms with E-state index in [-0.39, 0.29) is 5.41 Å². The standard InChI is InChI=1S/C60H50/c1-60(2,3)59-44-54(39-37-45-29-33-47(34-30-45)41-56(49-19-9-4-10-20-49)50-21-11-5-12-22-50)58(53-27-17-8-18-28-53)43-55(59)40-38-46-31-35-48(36-32-46)42-57(51-23-13-6-14-24-51)52-25-15-7-16-26-52/h4-44H,1-3H3/b39-37-,40-38-. The third-order valence-corrected chi connectivity index (χ3v) is 10.9. The summed E-state index contributed by atoms with van der Waals surface area (Å²) in [6.07, 6.45) is 13.6. The minimum Gasteiger partial charge on any atom is -0.0622 e. The molecule has 0 saturated heterocycles. The van der Waals surface area contributed by atoms with Gasteiger partial charge in [0.15, 0.2) is 0 Å². The van der Waals surface area contributed by atoms with E-state index in [1.54, 1.807) is 0 Å². The number of benzene rings is 8. The molecule has 0 aliphatic carbocycles. The van der Waals surface area contributed by atoms with Crippen LogP contribution in [-0.4, -0.2) is 0 Å². The first-order valence-electron chi connectivity index (χ1n) is 20.8. The van der Waals surface area contributed by atoms with Gasteiger partial charge < -0.3 is 0 Å². The fraction of sp³-hybridized carbons (Fsp3) is 0.0667. The van der Waals surface area contributed by atoms with E-state index in [0.717, 1.165) is 11.1 Å². The molecule has 0 heteroatoms. The van der Waals surface area contributed by atoms with Crippen molar-refractivity contribution in [3.63, 3.8) is 0 Å². The van der Waals surface area contributed by atoms with Gasteiger partial charge in [0, 0.05) is 0 Å². The highest BCUT2D eigenvalue weighted by Gasteiger charge is 2.20. The van der Waals surface area contributed by atoms with Crippen molar-refractivity contribution in [1.29, 1.82) is 0 Å². The van der Waals surface area contributed by atoms with Crippen LogP contribution in [-0.2, 0) is 5.41 Å². The van der Waals surface area contributed by atoms with E-state index in [9.17, 15) is 0 Å². The Morgan fingerprint density at radius 1 is 0.333 bits per heavy atom. The van der Waals surface area contributed by atoms with Crippen molar-refractivity contribution >= 4 is 47.6 Å². The van der Waals surface area contributed by atoms with Crippen LogP contribution in [0.25, 0.3) is 58.7 Å². The maximum Gasteiger partial charge on any atom is -0.0105 e. The quantitative estimate of drug-likeness (QED) is 0.115. The Bertz CT molecular complexity index is 2660. The van der Waals surface area contributed by atoms with Gasteiger partial charge in [-0.3, -0.25) is 0 Å². The summed E-state index contributed by atoms with van der Waals surface area (Å²) in [4.78, 5) is 0. The molecule has 0 aliphatic heterocycles. The lowest BCUT2D eigenvalue weighted by atomic mass is 9.80. The summed E-state index contributed by atoms with van der Waals surface area (Å²) in [6, 6.07) is 75.7. The van der Waals surface area contributed by atoms with Crippen molar-refractivity contribution < 1.29 is 0 Å². The second-order valence-electron chi connectivity index (χ2n) is 16.2. The topological polar surface area (TPSA) is 0 Å². The first-order chi connectivity index (χ1) is 29.4. The highest BCUT2D eigenvalue weighted by atomic mass is 14.2. The van der Waals surface area contributed by atoms with Crippen LogP contribution in [0.2, 0.25) is 0 Å². The smallest absolute Gasteiger partial charge is 0.0105 e. The molecule has 0 amide bonds. The predicted octanol–water partition coefficient (Wildman–Crippen LogP) is 16.2. The van der Waals surface area contributed by atoms with E-state index in [1.807, 2.05) is 0 Å². The molecule has 8 rings (SSSR count). The van der Waals surface area contributed by atoms with Crippen molar-refractivity contribution in [2.75, 3.05) is 0 Å². The Kier molecular flexibility index (Phi) is 12.2. The van der Waals surface area contributed by atoms with Gasteiger partial charge in [-0.1, -0.05) is 251 Å². The van der Waals surface area contributed by atoms with E-state index in [4.69, 9.17) is 0 Å². The lowest BCUT2D eigenvalue weighted by Gasteiger charge is -2.24. The number of rotatable bonds is 11. The molecule has 0 atom stereocenters. The fourth-order valence-electron chi connectivity index (χ4n) is 7.68. The summed E-state index contributed by atoms with van der Waals surface area (Å²) < 4.78 is 0. The zero-order valence-electron chi connectivity index (χ0n) is 34.7. The number of hydrogen-bond acceptors (Lipinski definition) is 0. The molecule has 0 spiro atoms. The van der Waals surface area contributed by atoms with Gasteiger partial charge in [-0.25, -0.2) is 0 Å². The molecule has 0 unspecified atom stereocenters. The second-order valence-corrected chi connectivity index (χ2v) is 16.2. The molecule has 0 fully saturated rings. The van der Waals surface area contributed by atoms with Gasteiger partial charge in [0.25, 0.3) is 0 Å². The summed E-state index contributed by atoms with van der Waals surface area (Å²) >= 11 is 0. The maximum absolute atomic E-state index is 2.39. The first-order valence-corrected chi connectivity index (χ1v) is 20.8. The lowest BCUT2D eigenvalue weighted by Crippen LogP contribution is -2.13. The third kappa shape index (κ3) is 9.87. The minimum atomic E-state index is -0.0688. The van der Waals surface area contributed by atoms with Crippen LogP contribution in [0, 0.1) is 0 Å². The molecule has 8 aromatic carbocycles. The molecule has 0 aromatic heterocycles. The van der Waals surface area contributed by atoms with Gasteiger partial charge in [0.1, 0.15) is 0 Å². The molecule has 8 aromatic rings. The highest BCUT2D eigenvalue weighted by Crippen LogP contribution is 2.36. The Labute approximate surface area is 356 Å². The molecule has 0 bridgehead atoms. The van der Waals surface area contributed by atoms with E-state index in [1.165, 1.54) is 72.3 Å². The monoisotopic (exact) mass is 770 g/mol. The highest BCUT2D eigenvalue weighted by molar-refractivity contribution is 5.93. The lowest BCUT2D eigenvalue weighted by molar-refractivity contribution is 0.589. The first kappa shape index (κ1) is 39.5. The van der Waals surface area contributed by atoms with Gasteiger partial charge in [-0.05, 0) is 107 Å². The Balaban J connectivity index is 1.09. The molecule has 0 aliphatic rings. The predicted molar refractivity (Wildman–Crippen MR) is 261 cm³/mol. The van der Waals surface area contributed by atoms with E-state index in [2.05, 4.69) is 270 Å². The SMILES string of the molecule is CC(C)(C)c1cc(/C=C\c2ccc(C=C(c3ccccc3)c3ccccc3)cc2)c(-c2ccccc2)cc1/C=C\c1ccc(C=C(c2ccccc2)c2ccccc2)cc1. The van der Waals surface area contributed by atoms with Gasteiger partial charge in [-0.2, -0.15) is 0 Å². The van der Waals surface area contributed by atoms with Crippen LogP contribution in [0.15, 0.2) is 212 Å². The van der Waals surface area contributed by atoms with Crippen molar-refractivity contribution in [2.24, 2.45) is 0 Å². The molecule has 60 heavy (non-hydrogen) atoms. The normalized spacial score (nSPS) is 11.4. The van der Waals surface area contributed by atoms with Crippen LogP contribution in [0.1, 0.15) is 82.0 Å². The molecule has 0 N–H and O–H groups in total. The van der Waals surface area contributed by atoms with Crippen LogP contribution in [0.5, 0.6) is 0 Å². The molecule has 0 nitrogen and oxygen atoms in total. The fourth-order valence-corrected chi connectivity index (χ4v) is 7.68.